The molecule has 1 N–H and O–H groups in total. The molecular formula is C18H16O6. The molecule has 6 heteroatoms. The molecule has 24 heavy (non-hydrogen) atoms. The van der Waals surface area contributed by atoms with Crippen molar-refractivity contribution < 1.29 is 28.5 Å². The van der Waals surface area contributed by atoms with Crippen LogP contribution in [0.1, 0.15) is 15.9 Å². The van der Waals surface area contributed by atoms with Gasteiger partial charge < -0.3 is 23.7 Å². The molecule has 0 atom stereocenters. The Labute approximate surface area is 138 Å². The number of aromatic hydroxyl groups is 1. The first-order chi connectivity index (χ1) is 11.6. The Kier molecular flexibility index (Phi) is 4.04. The van der Waals surface area contributed by atoms with Crippen molar-refractivity contribution in [3.05, 3.63) is 47.7 Å². The van der Waals surface area contributed by atoms with Crippen LogP contribution in [0.5, 0.6) is 23.0 Å². The number of phenolic OH excluding ortho intramolecular Hbond substituents is 1. The Morgan fingerprint density at radius 3 is 2.25 bits per heavy atom. The van der Waals surface area contributed by atoms with Crippen molar-refractivity contribution in [3.8, 4) is 23.0 Å². The number of furan rings is 1. The van der Waals surface area contributed by atoms with E-state index in [9.17, 15) is 9.90 Å². The zero-order valence-corrected chi connectivity index (χ0v) is 13.5. The van der Waals surface area contributed by atoms with Crippen molar-refractivity contribution in [1.29, 1.82) is 0 Å². The number of benzene rings is 2. The molecule has 1 heterocycles. The van der Waals surface area contributed by atoms with Gasteiger partial charge in [-0.1, -0.05) is 0 Å². The van der Waals surface area contributed by atoms with E-state index in [1.807, 2.05) is 0 Å². The number of hydrogen-bond acceptors (Lipinski definition) is 6. The molecule has 0 saturated carbocycles. The molecule has 1 aromatic heterocycles. The predicted octanol–water partition coefficient (Wildman–Crippen LogP) is 3.40. The van der Waals surface area contributed by atoms with Gasteiger partial charge >= 0.3 is 0 Å². The van der Waals surface area contributed by atoms with E-state index in [0.29, 0.717) is 39.3 Å². The van der Waals surface area contributed by atoms with Crippen LogP contribution in [0.2, 0.25) is 0 Å². The summed E-state index contributed by atoms with van der Waals surface area (Å²) in [5.41, 5.74) is 1.20. The van der Waals surface area contributed by atoms with Gasteiger partial charge in [-0.05, 0) is 24.3 Å². The fourth-order valence-electron chi connectivity index (χ4n) is 2.56. The average molecular weight is 328 g/mol. The average Bonchev–Trinajstić information content (AvgIpc) is 3.02. The van der Waals surface area contributed by atoms with E-state index in [4.69, 9.17) is 18.6 Å². The lowest BCUT2D eigenvalue weighted by atomic mass is 10.0. The van der Waals surface area contributed by atoms with Gasteiger partial charge in [-0.15, -0.1) is 0 Å². The van der Waals surface area contributed by atoms with Gasteiger partial charge in [0.15, 0.2) is 17.3 Å². The van der Waals surface area contributed by atoms with Crippen LogP contribution < -0.4 is 14.2 Å². The van der Waals surface area contributed by atoms with E-state index >= 15 is 0 Å². The van der Waals surface area contributed by atoms with E-state index in [-0.39, 0.29) is 11.5 Å². The number of ketones is 1. The van der Waals surface area contributed by atoms with Gasteiger partial charge in [-0.3, -0.25) is 4.79 Å². The number of methoxy groups -OCH3 is 3. The van der Waals surface area contributed by atoms with E-state index in [2.05, 4.69) is 0 Å². The topological polar surface area (TPSA) is 78.1 Å². The number of rotatable bonds is 5. The molecule has 0 amide bonds. The number of phenols is 1. The van der Waals surface area contributed by atoms with Gasteiger partial charge in [0.2, 0.25) is 5.75 Å². The maximum absolute atomic E-state index is 12.9. The summed E-state index contributed by atoms with van der Waals surface area (Å²) in [5.74, 6) is 1.03. The minimum Gasteiger partial charge on any atom is -0.508 e. The van der Waals surface area contributed by atoms with Gasteiger partial charge in [-0.2, -0.15) is 0 Å². The van der Waals surface area contributed by atoms with E-state index in [1.165, 1.54) is 39.7 Å². The lowest BCUT2D eigenvalue weighted by Crippen LogP contribution is -2.03. The number of carbonyl (C=O) groups is 1. The fraction of sp³-hybridized carbons (Fsp3) is 0.167. The van der Waals surface area contributed by atoms with Gasteiger partial charge in [0, 0.05) is 17.0 Å². The highest BCUT2D eigenvalue weighted by Crippen LogP contribution is 2.39. The molecule has 2 aromatic carbocycles. The standard InChI is InChI=1S/C18H16O6/c1-21-15-6-10(7-16(22-2)18(15)23-3)17(20)13-9-24-14-8-11(19)4-5-12(13)14/h4-9,19H,1-3H3. The molecule has 0 saturated heterocycles. The Morgan fingerprint density at radius 2 is 1.67 bits per heavy atom. The number of fused-ring (bicyclic) bond motifs is 1. The van der Waals surface area contributed by atoms with E-state index in [1.54, 1.807) is 18.2 Å². The third-order valence-electron chi connectivity index (χ3n) is 3.73. The van der Waals surface area contributed by atoms with Gasteiger partial charge in [0.05, 0.1) is 26.9 Å². The third kappa shape index (κ3) is 2.52. The Morgan fingerprint density at radius 1 is 1.00 bits per heavy atom. The molecule has 6 nitrogen and oxygen atoms in total. The normalized spacial score (nSPS) is 10.6. The van der Waals surface area contributed by atoms with Crippen LogP contribution in [0.25, 0.3) is 11.0 Å². The number of carbonyl (C=O) groups excluding carboxylic acids is 1. The summed E-state index contributed by atoms with van der Waals surface area (Å²) in [6, 6.07) is 7.77. The number of hydrogen-bond donors (Lipinski definition) is 1. The maximum Gasteiger partial charge on any atom is 0.203 e. The quantitative estimate of drug-likeness (QED) is 0.723. The van der Waals surface area contributed by atoms with Gasteiger partial charge in [-0.25, -0.2) is 0 Å². The van der Waals surface area contributed by atoms with Crippen molar-refractivity contribution >= 4 is 16.8 Å². The summed E-state index contributed by atoms with van der Waals surface area (Å²) >= 11 is 0. The zero-order valence-electron chi connectivity index (χ0n) is 13.5. The molecule has 0 bridgehead atoms. The van der Waals surface area contributed by atoms with E-state index in [0.717, 1.165) is 0 Å². The van der Waals surface area contributed by atoms with Crippen molar-refractivity contribution in [2.24, 2.45) is 0 Å². The fourth-order valence-corrected chi connectivity index (χ4v) is 2.56. The molecule has 0 aliphatic rings. The molecule has 3 rings (SSSR count). The highest BCUT2D eigenvalue weighted by Gasteiger charge is 2.21. The van der Waals surface area contributed by atoms with Crippen LogP contribution in [0.4, 0.5) is 0 Å². The lowest BCUT2D eigenvalue weighted by molar-refractivity contribution is 0.103. The highest BCUT2D eigenvalue weighted by atomic mass is 16.5. The first kappa shape index (κ1) is 15.7. The maximum atomic E-state index is 12.9. The second-order valence-electron chi connectivity index (χ2n) is 5.07. The molecule has 0 radical (unpaired) electrons. The summed E-state index contributed by atoms with van der Waals surface area (Å²) in [5, 5.41) is 10.1. The molecule has 0 aliphatic carbocycles. The van der Waals surface area contributed by atoms with Crippen molar-refractivity contribution in [2.75, 3.05) is 21.3 Å². The molecule has 124 valence electrons. The summed E-state index contributed by atoms with van der Waals surface area (Å²) in [4.78, 5) is 12.9. The SMILES string of the molecule is COc1cc(C(=O)c2coc3cc(O)ccc23)cc(OC)c1OC. The van der Waals surface area contributed by atoms with Crippen LogP contribution in [0.3, 0.4) is 0 Å². The van der Waals surface area contributed by atoms with Crippen molar-refractivity contribution in [2.45, 2.75) is 0 Å². The molecule has 0 unspecified atom stereocenters. The molecule has 0 spiro atoms. The summed E-state index contributed by atoms with van der Waals surface area (Å²) in [6.07, 6.45) is 1.37. The first-order valence-corrected chi connectivity index (χ1v) is 7.14. The largest absolute Gasteiger partial charge is 0.508 e. The molecule has 0 aliphatic heterocycles. The van der Waals surface area contributed by atoms with E-state index < -0.39 is 0 Å². The number of ether oxygens (including phenoxy) is 3. The van der Waals surface area contributed by atoms with Crippen LogP contribution >= 0.6 is 0 Å². The minimum absolute atomic E-state index is 0.0728. The van der Waals surface area contributed by atoms with Gasteiger partial charge in [0.25, 0.3) is 0 Å². The Hall–Kier alpha value is -3.15. The van der Waals surface area contributed by atoms with Crippen molar-refractivity contribution in [3.63, 3.8) is 0 Å². The van der Waals surface area contributed by atoms with Crippen LogP contribution in [-0.4, -0.2) is 32.2 Å². The zero-order chi connectivity index (χ0) is 17.3. The summed E-state index contributed by atoms with van der Waals surface area (Å²) < 4.78 is 21.2. The minimum atomic E-state index is -0.251. The summed E-state index contributed by atoms with van der Waals surface area (Å²) in [6.45, 7) is 0. The second-order valence-corrected chi connectivity index (χ2v) is 5.07. The van der Waals surface area contributed by atoms with Crippen molar-refractivity contribution in [1.82, 2.24) is 0 Å². The Bertz CT molecular complexity index is 884. The molecular weight excluding hydrogens is 312 g/mol. The first-order valence-electron chi connectivity index (χ1n) is 7.14. The smallest absolute Gasteiger partial charge is 0.203 e. The molecule has 0 fully saturated rings. The van der Waals surface area contributed by atoms with Crippen LogP contribution in [0.15, 0.2) is 41.0 Å². The second kappa shape index (κ2) is 6.16. The Balaban J connectivity index is 2.12. The summed E-state index contributed by atoms with van der Waals surface area (Å²) in [7, 11) is 4.47. The highest BCUT2D eigenvalue weighted by molar-refractivity contribution is 6.16. The lowest BCUT2D eigenvalue weighted by Gasteiger charge is -2.13. The van der Waals surface area contributed by atoms with Crippen LogP contribution in [0, 0.1) is 0 Å². The molecule has 3 aromatic rings. The third-order valence-corrected chi connectivity index (χ3v) is 3.73. The van der Waals surface area contributed by atoms with Gasteiger partial charge in [0.1, 0.15) is 17.6 Å². The van der Waals surface area contributed by atoms with Crippen LogP contribution in [-0.2, 0) is 0 Å². The predicted molar refractivity (Wildman–Crippen MR) is 87.4 cm³/mol. The monoisotopic (exact) mass is 328 g/mol.